The third-order valence-electron chi connectivity index (χ3n) is 4.30. The van der Waals surface area contributed by atoms with Crippen molar-refractivity contribution >= 4 is 23.2 Å². The van der Waals surface area contributed by atoms with Crippen molar-refractivity contribution in [2.75, 3.05) is 31.0 Å². The molecule has 0 saturated heterocycles. The highest BCUT2D eigenvalue weighted by molar-refractivity contribution is 5.97. The van der Waals surface area contributed by atoms with Gasteiger partial charge in [-0.2, -0.15) is 0 Å². The Morgan fingerprint density at radius 3 is 2.78 bits per heavy atom. The molecular formula is C21H22N2O4. The van der Waals surface area contributed by atoms with Gasteiger partial charge in [0.2, 0.25) is 11.8 Å². The lowest BCUT2D eigenvalue weighted by Crippen LogP contribution is -2.24. The Labute approximate surface area is 158 Å². The fraction of sp³-hybridized carbons (Fsp3) is 0.238. The number of carbonyl (C=O) groups is 2. The summed E-state index contributed by atoms with van der Waals surface area (Å²) in [5.41, 5.74) is 3.37. The molecule has 3 rings (SSSR count). The van der Waals surface area contributed by atoms with Crippen LogP contribution in [0.3, 0.4) is 0 Å². The van der Waals surface area contributed by atoms with E-state index < -0.39 is 0 Å². The van der Waals surface area contributed by atoms with Crippen LogP contribution in [0.2, 0.25) is 0 Å². The lowest BCUT2D eigenvalue weighted by Gasteiger charge is -2.26. The van der Waals surface area contributed by atoms with Gasteiger partial charge < -0.3 is 20.1 Å². The predicted molar refractivity (Wildman–Crippen MR) is 104 cm³/mol. The normalized spacial score (nSPS) is 15.4. The number of fused-ring (bicyclic) bond motifs is 1. The number of methoxy groups -OCH3 is 1. The van der Waals surface area contributed by atoms with Gasteiger partial charge in [0.15, 0.2) is 0 Å². The summed E-state index contributed by atoms with van der Waals surface area (Å²) >= 11 is 0. The van der Waals surface area contributed by atoms with E-state index in [1.54, 1.807) is 12.1 Å². The van der Waals surface area contributed by atoms with Crippen LogP contribution in [-0.4, -0.2) is 32.1 Å². The van der Waals surface area contributed by atoms with Gasteiger partial charge in [0, 0.05) is 30.8 Å². The number of amides is 2. The van der Waals surface area contributed by atoms with Gasteiger partial charge in [-0.1, -0.05) is 30.9 Å². The Bertz CT molecular complexity index is 846. The molecule has 6 heteroatoms. The summed E-state index contributed by atoms with van der Waals surface area (Å²) < 4.78 is 10.3. The first-order valence-corrected chi connectivity index (χ1v) is 8.67. The maximum atomic E-state index is 12.2. The van der Waals surface area contributed by atoms with Crippen LogP contribution in [0, 0.1) is 0 Å². The average molecular weight is 366 g/mol. The fourth-order valence-corrected chi connectivity index (χ4v) is 3.12. The second kappa shape index (κ2) is 8.51. The van der Waals surface area contributed by atoms with Gasteiger partial charge in [-0.15, -0.1) is 0 Å². The minimum absolute atomic E-state index is 0.0215. The molecule has 1 atom stereocenters. The Balaban J connectivity index is 1.84. The fourth-order valence-electron chi connectivity index (χ4n) is 3.12. The summed E-state index contributed by atoms with van der Waals surface area (Å²) in [6.07, 6.45) is 2.06. The molecule has 0 fully saturated rings. The van der Waals surface area contributed by atoms with Crippen molar-refractivity contribution < 1.29 is 19.1 Å². The van der Waals surface area contributed by atoms with Crippen LogP contribution in [0.4, 0.5) is 11.4 Å². The van der Waals surface area contributed by atoms with E-state index >= 15 is 0 Å². The van der Waals surface area contributed by atoms with E-state index in [-0.39, 0.29) is 24.3 Å². The van der Waals surface area contributed by atoms with Crippen LogP contribution in [-0.2, 0) is 14.3 Å². The molecule has 0 spiro atoms. The molecule has 0 unspecified atom stereocenters. The minimum atomic E-state index is -0.244. The monoisotopic (exact) mass is 366 g/mol. The molecule has 0 radical (unpaired) electrons. The summed E-state index contributed by atoms with van der Waals surface area (Å²) in [5.74, 6) is 0.410. The van der Waals surface area contributed by atoms with Gasteiger partial charge in [0.25, 0.3) is 0 Å². The van der Waals surface area contributed by atoms with Crippen molar-refractivity contribution in [2.24, 2.45) is 0 Å². The molecule has 140 valence electrons. The highest BCUT2D eigenvalue weighted by Gasteiger charge is 2.26. The molecule has 1 heterocycles. The molecule has 0 aromatic heterocycles. The average Bonchev–Trinajstić information content (AvgIpc) is 2.66. The van der Waals surface area contributed by atoms with Crippen molar-refractivity contribution in [3.63, 3.8) is 0 Å². The Morgan fingerprint density at radius 1 is 1.30 bits per heavy atom. The Hall–Kier alpha value is -3.12. The summed E-state index contributed by atoms with van der Waals surface area (Å²) in [6.45, 7) is 4.06. The number of hydrogen-bond acceptors (Lipinski definition) is 4. The Kier molecular flexibility index (Phi) is 5.88. The first-order chi connectivity index (χ1) is 13.1. The minimum Gasteiger partial charge on any atom is -0.490 e. The maximum absolute atomic E-state index is 12.2. The third-order valence-corrected chi connectivity index (χ3v) is 4.30. The van der Waals surface area contributed by atoms with Crippen molar-refractivity contribution in [1.29, 1.82) is 0 Å². The smallest absolute Gasteiger partial charge is 0.250 e. The molecule has 0 bridgehead atoms. The second-order valence-electron chi connectivity index (χ2n) is 6.26. The van der Waals surface area contributed by atoms with E-state index in [9.17, 15) is 9.59 Å². The number of benzene rings is 2. The number of hydrogen-bond donors (Lipinski definition) is 2. The van der Waals surface area contributed by atoms with Crippen LogP contribution in [0.1, 0.15) is 23.5 Å². The van der Waals surface area contributed by atoms with E-state index in [4.69, 9.17) is 9.47 Å². The number of anilines is 2. The van der Waals surface area contributed by atoms with Crippen molar-refractivity contribution in [1.82, 2.24) is 0 Å². The first-order valence-electron chi connectivity index (χ1n) is 8.67. The van der Waals surface area contributed by atoms with Gasteiger partial charge in [-0.3, -0.25) is 9.59 Å². The van der Waals surface area contributed by atoms with Gasteiger partial charge in [-0.25, -0.2) is 0 Å². The van der Waals surface area contributed by atoms with E-state index in [2.05, 4.69) is 17.2 Å². The van der Waals surface area contributed by atoms with Crippen LogP contribution < -0.4 is 15.4 Å². The van der Waals surface area contributed by atoms with Crippen LogP contribution in [0.5, 0.6) is 5.75 Å². The van der Waals surface area contributed by atoms with Crippen molar-refractivity contribution in [2.45, 2.75) is 12.3 Å². The summed E-state index contributed by atoms with van der Waals surface area (Å²) in [5, 5.41) is 5.64. The second-order valence-corrected chi connectivity index (χ2v) is 6.26. The number of carbonyl (C=O) groups excluding carboxylic acids is 2. The van der Waals surface area contributed by atoms with Crippen LogP contribution in [0.25, 0.3) is 0 Å². The topological polar surface area (TPSA) is 76.7 Å². The summed E-state index contributed by atoms with van der Waals surface area (Å²) in [6, 6.07) is 13.3. The van der Waals surface area contributed by atoms with Gasteiger partial charge in [0.1, 0.15) is 19.0 Å². The zero-order chi connectivity index (χ0) is 19.2. The zero-order valence-corrected chi connectivity index (χ0v) is 15.2. The molecule has 1 aliphatic heterocycles. The first kappa shape index (κ1) is 18.7. The molecule has 2 aromatic rings. The van der Waals surface area contributed by atoms with Crippen LogP contribution in [0.15, 0.2) is 55.1 Å². The molecule has 1 aliphatic rings. The molecule has 0 aliphatic carbocycles. The molecule has 6 nitrogen and oxygen atoms in total. The predicted octanol–water partition coefficient (Wildman–Crippen LogP) is 3.31. The largest absolute Gasteiger partial charge is 0.490 e. The number of ether oxygens (including phenoxy) is 2. The highest BCUT2D eigenvalue weighted by atomic mass is 16.5. The highest BCUT2D eigenvalue weighted by Crippen LogP contribution is 2.38. The van der Waals surface area contributed by atoms with Crippen LogP contribution >= 0.6 is 0 Å². The molecular weight excluding hydrogens is 344 g/mol. The SMILES string of the molecule is C=CCOc1ccc([C@@H]2CC(=O)Nc3cc(NC(=O)COC)ccc32)cc1. The zero-order valence-electron chi connectivity index (χ0n) is 15.2. The molecule has 2 aromatic carbocycles. The lowest BCUT2D eigenvalue weighted by atomic mass is 9.84. The maximum Gasteiger partial charge on any atom is 0.250 e. The summed E-state index contributed by atoms with van der Waals surface area (Å²) in [4.78, 5) is 23.9. The van der Waals surface area contributed by atoms with Gasteiger partial charge in [-0.05, 0) is 35.4 Å². The van der Waals surface area contributed by atoms with E-state index in [0.29, 0.717) is 24.4 Å². The lowest BCUT2D eigenvalue weighted by molar-refractivity contribution is -0.119. The quantitative estimate of drug-likeness (QED) is 0.737. The molecule has 0 saturated carbocycles. The van der Waals surface area contributed by atoms with E-state index in [1.165, 1.54) is 7.11 Å². The third kappa shape index (κ3) is 4.54. The van der Waals surface area contributed by atoms with Crippen molar-refractivity contribution in [3.8, 4) is 5.75 Å². The molecule has 2 amide bonds. The number of nitrogens with one attached hydrogen (secondary N) is 2. The van der Waals surface area contributed by atoms with E-state index in [1.807, 2.05) is 36.4 Å². The molecule has 27 heavy (non-hydrogen) atoms. The van der Waals surface area contributed by atoms with Gasteiger partial charge >= 0.3 is 0 Å². The van der Waals surface area contributed by atoms with Crippen molar-refractivity contribution in [3.05, 3.63) is 66.2 Å². The standard InChI is InChI=1S/C21H22N2O4/c1-3-10-27-16-7-4-14(5-8-16)18-12-20(24)23-19-11-15(6-9-17(18)19)22-21(25)13-26-2/h3-9,11,18H,1,10,12-13H2,2H3,(H,22,25)(H,23,24)/t18-/m0/s1. The van der Waals surface area contributed by atoms with Gasteiger partial charge in [0.05, 0.1) is 0 Å². The number of rotatable bonds is 7. The Morgan fingerprint density at radius 2 is 2.07 bits per heavy atom. The summed E-state index contributed by atoms with van der Waals surface area (Å²) in [7, 11) is 1.46. The van der Waals surface area contributed by atoms with E-state index in [0.717, 1.165) is 16.9 Å². The molecule has 2 N–H and O–H groups in total.